The van der Waals surface area contributed by atoms with Crippen LogP contribution < -0.4 is 0 Å². The van der Waals surface area contributed by atoms with Gasteiger partial charge in [-0.3, -0.25) is 0 Å². The van der Waals surface area contributed by atoms with Gasteiger partial charge < -0.3 is 12.4 Å². The fraction of sp³-hybridized carbons (Fsp3) is 0.222. The van der Waals surface area contributed by atoms with E-state index >= 15 is 0 Å². The number of pyridine rings is 1. The van der Waals surface area contributed by atoms with Crippen LogP contribution in [0.2, 0.25) is 0 Å². The monoisotopic (exact) mass is 423 g/mol. The number of nitrogens with zero attached hydrogens (tertiary/aromatic N) is 1. The van der Waals surface area contributed by atoms with Gasteiger partial charge in [-0.2, -0.15) is 0 Å². The smallest absolute Gasteiger partial charge is 0.0160 e. The maximum atomic E-state index is 5.55. The molecule has 2 aromatic rings. The minimum Gasteiger partial charge on any atom is -0.358 e. The normalized spacial score (nSPS) is 10.3. The molecule has 0 radical (unpaired) electrons. The molecule has 0 N–H and O–H groups in total. The standard InChI is InChI=1S/C11H8N.C6H10.CH3.2ClH.Ru/c1-2-6-10(7-3-1)11-8-4-5-9-12-11;1-5-6(2,3)4;;;;/h1-6,8-9H;5H,2-4H3;1H3;2*1H;/q-1;;-1;;;+2/p-2. The van der Waals surface area contributed by atoms with Gasteiger partial charge in [-0.05, 0) is 11.8 Å². The molecule has 0 saturated heterocycles. The van der Waals surface area contributed by atoms with Crippen molar-refractivity contribution >= 4 is 23.6 Å². The minimum atomic E-state index is -1.67. The molecule has 0 amide bonds. The van der Waals surface area contributed by atoms with Gasteiger partial charge in [-0.1, -0.05) is 12.1 Å². The van der Waals surface area contributed by atoms with Crippen LogP contribution in [0.5, 0.6) is 0 Å². The van der Waals surface area contributed by atoms with Crippen molar-refractivity contribution in [3.8, 4) is 11.3 Å². The average molecular weight is 423 g/mol. The van der Waals surface area contributed by atoms with Crippen LogP contribution in [0.25, 0.3) is 11.3 Å². The van der Waals surface area contributed by atoms with E-state index in [9.17, 15) is 0 Å². The molecule has 0 spiro atoms. The summed E-state index contributed by atoms with van der Waals surface area (Å²) in [7, 11) is 11.1. The van der Waals surface area contributed by atoms with Gasteiger partial charge in [0.25, 0.3) is 0 Å². The maximum absolute atomic E-state index is 5.55. The van der Waals surface area contributed by atoms with Gasteiger partial charge in [-0.15, -0.1) is 35.9 Å². The zero-order valence-corrected chi connectivity index (χ0v) is 16.5. The zero-order chi connectivity index (χ0) is 15.7. The van der Waals surface area contributed by atoms with Gasteiger partial charge >= 0.3 is 69.4 Å². The SMILES string of the molecule is CC(C)(C)C=[C]=[Ru]([Cl])[Cl].[CH3-].[c-]1ccccc1-c1ccccn1. The molecule has 122 valence electrons. The summed E-state index contributed by atoms with van der Waals surface area (Å²) in [6.07, 6.45) is 3.72. The number of hydrogen-bond donors (Lipinski definition) is 0. The third-order valence-corrected chi connectivity index (χ3v) is 3.75. The molecule has 0 saturated carbocycles. The molecule has 0 aliphatic rings. The van der Waals surface area contributed by atoms with Crippen molar-refractivity contribution in [2.45, 2.75) is 20.8 Å². The largest absolute Gasteiger partial charge is 0.358 e. The summed E-state index contributed by atoms with van der Waals surface area (Å²) in [5.74, 6) is 0. The van der Waals surface area contributed by atoms with E-state index in [0.717, 1.165) is 11.3 Å². The summed E-state index contributed by atoms with van der Waals surface area (Å²) in [5.41, 5.74) is 2.17. The first-order chi connectivity index (χ1) is 9.88. The Balaban J connectivity index is 0.000000402. The van der Waals surface area contributed by atoms with Crippen molar-refractivity contribution < 1.29 is 13.5 Å². The Kier molecular flexibility index (Phi) is 10.5. The van der Waals surface area contributed by atoms with Crippen LogP contribution in [0.1, 0.15) is 20.8 Å². The fourth-order valence-electron chi connectivity index (χ4n) is 1.27. The van der Waals surface area contributed by atoms with E-state index in [4.69, 9.17) is 19.4 Å². The summed E-state index contributed by atoms with van der Waals surface area (Å²) >= 11 is -1.67. The first-order valence-electron chi connectivity index (χ1n) is 6.37. The maximum Gasteiger partial charge on any atom is 0.0160 e. The van der Waals surface area contributed by atoms with E-state index in [1.165, 1.54) is 0 Å². The number of allylic oxidation sites excluding steroid dienone is 1. The van der Waals surface area contributed by atoms with E-state index in [0.29, 0.717) is 0 Å². The van der Waals surface area contributed by atoms with Crippen LogP contribution in [0.3, 0.4) is 0 Å². The van der Waals surface area contributed by atoms with Crippen LogP contribution >= 0.6 is 19.4 Å². The van der Waals surface area contributed by atoms with Crippen molar-refractivity contribution in [3.63, 3.8) is 0 Å². The number of rotatable bonds is 1. The third kappa shape index (κ3) is 10.0. The first-order valence-corrected chi connectivity index (χ1v) is 11.7. The molecule has 0 atom stereocenters. The van der Waals surface area contributed by atoms with Crippen molar-refractivity contribution in [3.05, 3.63) is 68.2 Å². The van der Waals surface area contributed by atoms with Crippen molar-refractivity contribution in [1.29, 1.82) is 0 Å². The van der Waals surface area contributed by atoms with Gasteiger partial charge in [0.15, 0.2) is 0 Å². The van der Waals surface area contributed by atoms with Gasteiger partial charge in [0.1, 0.15) is 0 Å². The second kappa shape index (κ2) is 10.9. The molecule has 1 aromatic carbocycles. The molecule has 0 fully saturated rings. The van der Waals surface area contributed by atoms with Crippen molar-refractivity contribution in [1.82, 2.24) is 4.98 Å². The molecule has 1 nitrogen and oxygen atoms in total. The van der Waals surface area contributed by atoms with E-state index in [1.54, 1.807) is 6.20 Å². The molecule has 0 aliphatic heterocycles. The molecule has 0 aliphatic carbocycles. The molecule has 2 rings (SSSR count). The van der Waals surface area contributed by atoms with E-state index in [2.05, 4.69) is 36.1 Å². The Morgan fingerprint density at radius 1 is 1.14 bits per heavy atom. The average Bonchev–Trinajstić information content (AvgIpc) is 2.47. The van der Waals surface area contributed by atoms with E-state index < -0.39 is 13.5 Å². The topological polar surface area (TPSA) is 12.9 Å². The molecular formula is C18H21Cl2NRu-2. The van der Waals surface area contributed by atoms with Gasteiger partial charge in [0.2, 0.25) is 0 Å². The molecule has 0 bridgehead atoms. The summed E-state index contributed by atoms with van der Waals surface area (Å²) < 4.78 is 2.93. The molecule has 1 aromatic heterocycles. The third-order valence-electron chi connectivity index (χ3n) is 2.21. The van der Waals surface area contributed by atoms with Crippen LogP contribution in [-0.4, -0.2) is 9.25 Å². The van der Waals surface area contributed by atoms with Crippen LogP contribution in [-0.2, 0) is 13.5 Å². The van der Waals surface area contributed by atoms with Crippen molar-refractivity contribution in [2.24, 2.45) is 5.41 Å². The van der Waals surface area contributed by atoms with Crippen LogP contribution in [0.4, 0.5) is 0 Å². The Morgan fingerprint density at radius 2 is 1.82 bits per heavy atom. The molecule has 0 unspecified atom stereocenters. The number of halogens is 2. The quantitative estimate of drug-likeness (QED) is 0.410. The summed E-state index contributed by atoms with van der Waals surface area (Å²) in [5, 5.41) is 0. The van der Waals surface area contributed by atoms with Crippen molar-refractivity contribution in [2.75, 3.05) is 0 Å². The number of aromatic nitrogens is 1. The minimum absolute atomic E-state index is 0. The Bertz CT molecular complexity index is 556. The summed E-state index contributed by atoms with van der Waals surface area (Å²) in [4.78, 5) is 4.22. The second-order valence-corrected chi connectivity index (χ2v) is 10.7. The van der Waals surface area contributed by atoms with E-state index in [-0.39, 0.29) is 12.8 Å². The van der Waals surface area contributed by atoms with Crippen LogP contribution in [0.15, 0.2) is 54.7 Å². The predicted molar refractivity (Wildman–Crippen MR) is 95.7 cm³/mol. The fourth-order valence-corrected chi connectivity index (χ4v) is 2.67. The van der Waals surface area contributed by atoms with Gasteiger partial charge in [0, 0.05) is 6.20 Å². The molecule has 22 heavy (non-hydrogen) atoms. The summed E-state index contributed by atoms with van der Waals surface area (Å²) in [6, 6.07) is 16.8. The molecular weight excluding hydrogens is 402 g/mol. The Morgan fingerprint density at radius 3 is 2.23 bits per heavy atom. The van der Waals surface area contributed by atoms with Gasteiger partial charge in [0.05, 0.1) is 0 Å². The Hall–Kier alpha value is -0.777. The zero-order valence-electron chi connectivity index (χ0n) is 13.3. The van der Waals surface area contributed by atoms with E-state index in [1.807, 2.05) is 48.5 Å². The second-order valence-electron chi connectivity index (χ2n) is 5.29. The Labute approximate surface area is 147 Å². The predicted octanol–water partition coefficient (Wildman–Crippen LogP) is 5.91. The molecule has 4 heteroatoms. The number of hydrogen-bond acceptors (Lipinski definition) is 1. The van der Waals surface area contributed by atoms with Crippen LogP contribution in [0, 0.1) is 18.9 Å². The first kappa shape index (κ1) is 21.2. The number of benzene rings is 1. The summed E-state index contributed by atoms with van der Waals surface area (Å²) in [6.45, 7) is 6.27. The van der Waals surface area contributed by atoms with Gasteiger partial charge in [-0.25, -0.2) is 0 Å². The molecule has 1 heterocycles.